The van der Waals surface area contributed by atoms with E-state index in [9.17, 15) is 4.79 Å². The maximum Gasteiger partial charge on any atom is 0.321 e. The topological polar surface area (TPSA) is 90.6 Å². The zero-order chi connectivity index (χ0) is 11.1. The second kappa shape index (κ2) is 6.73. The van der Waals surface area contributed by atoms with Gasteiger partial charge in [0.25, 0.3) is 0 Å². The molecule has 0 amide bonds. The van der Waals surface area contributed by atoms with Gasteiger partial charge < -0.3 is 21.5 Å². The van der Waals surface area contributed by atoms with E-state index in [1.165, 1.54) is 0 Å². The van der Waals surface area contributed by atoms with Crippen molar-refractivity contribution in [2.24, 2.45) is 5.73 Å². The van der Waals surface area contributed by atoms with E-state index in [4.69, 9.17) is 10.8 Å². The van der Waals surface area contributed by atoms with Crippen LogP contribution in [0.3, 0.4) is 0 Å². The van der Waals surface area contributed by atoms with E-state index in [1.807, 2.05) is 0 Å². The zero-order valence-corrected chi connectivity index (χ0v) is 8.91. The molecule has 0 bridgehead atoms. The van der Waals surface area contributed by atoms with Gasteiger partial charge in [0.05, 0.1) is 0 Å². The Morgan fingerprint density at radius 1 is 1.27 bits per heavy atom. The van der Waals surface area contributed by atoms with Gasteiger partial charge in [-0.1, -0.05) is 0 Å². The third-order valence-electron chi connectivity index (χ3n) is 2.46. The van der Waals surface area contributed by atoms with Gasteiger partial charge in [0.15, 0.2) is 0 Å². The van der Waals surface area contributed by atoms with Crippen molar-refractivity contribution in [1.82, 2.24) is 15.5 Å². The SMILES string of the molecule is N[C@@H](CN1CCNCCNCC1)C(=O)O. The van der Waals surface area contributed by atoms with Crippen LogP contribution in [0.2, 0.25) is 0 Å². The summed E-state index contributed by atoms with van der Waals surface area (Å²) in [7, 11) is 0. The van der Waals surface area contributed by atoms with Crippen LogP contribution in [-0.2, 0) is 4.79 Å². The van der Waals surface area contributed by atoms with E-state index in [0.717, 1.165) is 39.3 Å². The average Bonchev–Trinajstić information content (AvgIpc) is 2.31. The number of aliphatic carboxylic acids is 1. The Labute approximate surface area is 89.8 Å². The van der Waals surface area contributed by atoms with Gasteiger partial charge in [0.1, 0.15) is 6.04 Å². The Hall–Kier alpha value is -0.690. The minimum atomic E-state index is -0.934. The summed E-state index contributed by atoms with van der Waals surface area (Å²) in [6.45, 7) is 5.80. The lowest BCUT2D eigenvalue weighted by atomic mass is 10.3. The lowest BCUT2D eigenvalue weighted by molar-refractivity contribution is -0.139. The van der Waals surface area contributed by atoms with E-state index in [2.05, 4.69) is 15.5 Å². The second-order valence-corrected chi connectivity index (χ2v) is 3.75. The molecule has 5 N–H and O–H groups in total. The van der Waals surface area contributed by atoms with E-state index < -0.39 is 12.0 Å². The van der Waals surface area contributed by atoms with Crippen LogP contribution in [0.4, 0.5) is 0 Å². The lowest BCUT2D eigenvalue weighted by Crippen LogP contribution is -2.45. The van der Waals surface area contributed by atoms with Crippen LogP contribution in [0.25, 0.3) is 0 Å². The van der Waals surface area contributed by atoms with E-state index in [0.29, 0.717) is 6.54 Å². The van der Waals surface area contributed by atoms with Crippen molar-refractivity contribution in [3.8, 4) is 0 Å². The molecule has 1 fully saturated rings. The van der Waals surface area contributed by atoms with Crippen LogP contribution in [0, 0.1) is 0 Å². The van der Waals surface area contributed by atoms with Gasteiger partial charge in [-0.15, -0.1) is 0 Å². The fraction of sp³-hybridized carbons (Fsp3) is 0.889. The molecule has 6 heteroatoms. The van der Waals surface area contributed by atoms with E-state index in [1.54, 1.807) is 0 Å². The summed E-state index contributed by atoms with van der Waals surface area (Å²) in [6, 6.07) is -0.786. The molecule has 0 spiro atoms. The fourth-order valence-corrected chi connectivity index (χ4v) is 1.55. The van der Waals surface area contributed by atoms with Crippen molar-refractivity contribution >= 4 is 5.97 Å². The summed E-state index contributed by atoms with van der Waals surface area (Å²) in [6.07, 6.45) is 0. The van der Waals surface area contributed by atoms with Gasteiger partial charge in [0, 0.05) is 45.8 Å². The van der Waals surface area contributed by atoms with Crippen molar-refractivity contribution in [3.05, 3.63) is 0 Å². The number of hydrogen-bond donors (Lipinski definition) is 4. The summed E-state index contributed by atoms with van der Waals surface area (Å²) in [4.78, 5) is 12.7. The van der Waals surface area contributed by atoms with Crippen LogP contribution in [0.5, 0.6) is 0 Å². The first-order valence-corrected chi connectivity index (χ1v) is 5.32. The predicted octanol–water partition coefficient (Wildman–Crippen LogP) is -2.11. The first kappa shape index (κ1) is 12.4. The molecule has 15 heavy (non-hydrogen) atoms. The highest BCUT2D eigenvalue weighted by Gasteiger charge is 2.16. The Bertz CT molecular complexity index is 191. The van der Waals surface area contributed by atoms with Crippen LogP contribution in [0.15, 0.2) is 0 Å². The minimum absolute atomic E-state index is 0.415. The first-order chi connectivity index (χ1) is 7.20. The summed E-state index contributed by atoms with van der Waals surface area (Å²) >= 11 is 0. The number of carbonyl (C=O) groups is 1. The number of carboxylic acids is 1. The second-order valence-electron chi connectivity index (χ2n) is 3.75. The van der Waals surface area contributed by atoms with Crippen molar-refractivity contribution < 1.29 is 9.90 Å². The normalized spacial score (nSPS) is 22.5. The molecule has 0 unspecified atom stereocenters. The fourth-order valence-electron chi connectivity index (χ4n) is 1.55. The monoisotopic (exact) mass is 216 g/mol. The van der Waals surface area contributed by atoms with Gasteiger partial charge in [-0.05, 0) is 0 Å². The maximum absolute atomic E-state index is 10.6. The summed E-state index contributed by atoms with van der Waals surface area (Å²) in [5.74, 6) is -0.934. The van der Waals surface area contributed by atoms with Gasteiger partial charge in [0.2, 0.25) is 0 Å². The molecule has 0 saturated carbocycles. The van der Waals surface area contributed by atoms with Gasteiger partial charge in [-0.25, -0.2) is 0 Å². The Balaban J connectivity index is 2.32. The molecule has 0 aromatic carbocycles. The van der Waals surface area contributed by atoms with E-state index in [-0.39, 0.29) is 0 Å². The van der Waals surface area contributed by atoms with Crippen molar-refractivity contribution in [1.29, 1.82) is 0 Å². The highest BCUT2D eigenvalue weighted by Crippen LogP contribution is 1.91. The number of rotatable bonds is 3. The average molecular weight is 216 g/mol. The molecule has 1 aliphatic rings. The molecule has 88 valence electrons. The number of carboxylic acid groups (broad SMARTS) is 1. The molecule has 1 atom stereocenters. The number of nitrogens with zero attached hydrogens (tertiary/aromatic N) is 1. The summed E-state index contributed by atoms with van der Waals surface area (Å²) in [5, 5.41) is 15.2. The Morgan fingerprint density at radius 2 is 1.80 bits per heavy atom. The highest BCUT2D eigenvalue weighted by molar-refractivity contribution is 5.73. The molecule has 1 heterocycles. The van der Waals surface area contributed by atoms with Gasteiger partial charge >= 0.3 is 5.97 Å². The molecule has 0 aromatic rings. The van der Waals surface area contributed by atoms with Gasteiger partial charge in [-0.3, -0.25) is 9.69 Å². The first-order valence-electron chi connectivity index (χ1n) is 5.32. The molecule has 6 nitrogen and oxygen atoms in total. The third kappa shape index (κ3) is 5.08. The molecular formula is C9H20N4O2. The van der Waals surface area contributed by atoms with Crippen molar-refractivity contribution in [2.45, 2.75) is 6.04 Å². The summed E-state index contributed by atoms with van der Waals surface area (Å²) < 4.78 is 0. The number of nitrogens with two attached hydrogens (primary N) is 1. The number of nitrogens with one attached hydrogen (secondary N) is 2. The van der Waals surface area contributed by atoms with Crippen molar-refractivity contribution in [2.75, 3.05) is 45.8 Å². The van der Waals surface area contributed by atoms with Crippen LogP contribution < -0.4 is 16.4 Å². The molecule has 0 aliphatic carbocycles. The highest BCUT2D eigenvalue weighted by atomic mass is 16.4. The third-order valence-corrected chi connectivity index (χ3v) is 2.46. The Kier molecular flexibility index (Phi) is 5.56. The molecule has 0 radical (unpaired) electrons. The maximum atomic E-state index is 10.6. The lowest BCUT2D eigenvalue weighted by Gasteiger charge is -2.23. The zero-order valence-electron chi connectivity index (χ0n) is 8.91. The number of hydrogen-bond acceptors (Lipinski definition) is 5. The minimum Gasteiger partial charge on any atom is -0.480 e. The largest absolute Gasteiger partial charge is 0.480 e. The predicted molar refractivity (Wildman–Crippen MR) is 57.8 cm³/mol. The Morgan fingerprint density at radius 3 is 2.27 bits per heavy atom. The molecule has 1 saturated heterocycles. The van der Waals surface area contributed by atoms with Gasteiger partial charge in [-0.2, -0.15) is 0 Å². The van der Waals surface area contributed by atoms with Crippen LogP contribution >= 0.6 is 0 Å². The molecule has 0 aromatic heterocycles. The van der Waals surface area contributed by atoms with E-state index >= 15 is 0 Å². The standard InChI is InChI=1S/C9H20N4O2/c10-8(9(14)15)7-13-5-3-11-1-2-12-4-6-13/h8,11-12H,1-7,10H2,(H,14,15)/t8-/m0/s1. The molecule has 1 aliphatic heterocycles. The smallest absolute Gasteiger partial charge is 0.321 e. The van der Waals surface area contributed by atoms with Crippen LogP contribution in [0.1, 0.15) is 0 Å². The quantitative estimate of drug-likeness (QED) is 0.432. The summed E-state index contributed by atoms with van der Waals surface area (Å²) in [5.41, 5.74) is 5.49. The van der Waals surface area contributed by atoms with Crippen LogP contribution in [-0.4, -0.2) is 67.8 Å². The molecular weight excluding hydrogens is 196 g/mol. The van der Waals surface area contributed by atoms with Crippen molar-refractivity contribution in [3.63, 3.8) is 0 Å². The molecule has 1 rings (SSSR count).